The first kappa shape index (κ1) is 11.3. The van der Waals surface area contributed by atoms with Crippen LogP contribution in [0.5, 0.6) is 5.75 Å². The predicted octanol–water partition coefficient (Wildman–Crippen LogP) is 2.98. The number of aromatic nitrogens is 1. The van der Waals surface area contributed by atoms with Crippen molar-refractivity contribution in [2.75, 3.05) is 12.0 Å². The van der Waals surface area contributed by atoms with Crippen LogP contribution in [0.3, 0.4) is 0 Å². The first-order valence-corrected chi connectivity index (χ1v) is 7.12. The van der Waals surface area contributed by atoms with Crippen molar-refractivity contribution >= 4 is 21.7 Å². The van der Waals surface area contributed by atoms with Crippen LogP contribution in [-0.2, 0) is 0 Å². The molecule has 0 amide bonds. The molecule has 2 unspecified atom stereocenters. The Labute approximate surface area is 110 Å². The number of methoxy groups -OCH3 is 1. The van der Waals surface area contributed by atoms with Crippen LogP contribution < -0.4 is 9.64 Å². The van der Waals surface area contributed by atoms with E-state index in [2.05, 4.69) is 31.9 Å². The third kappa shape index (κ3) is 2.03. The van der Waals surface area contributed by atoms with Gasteiger partial charge in [-0.15, -0.1) is 0 Å². The lowest BCUT2D eigenvalue weighted by Crippen LogP contribution is -2.43. The average molecular weight is 297 g/mol. The second-order valence-electron chi connectivity index (χ2n) is 4.92. The smallest absolute Gasteiger partial charge is 0.137 e. The normalized spacial score (nSPS) is 31.6. The van der Waals surface area contributed by atoms with Crippen molar-refractivity contribution in [3.8, 4) is 5.75 Å². The second-order valence-corrected chi connectivity index (χ2v) is 6.21. The number of anilines is 1. The Kier molecular flexibility index (Phi) is 2.99. The van der Waals surface area contributed by atoms with Gasteiger partial charge in [0, 0.05) is 16.9 Å². The van der Waals surface area contributed by atoms with E-state index in [1.165, 1.54) is 25.7 Å². The Hall–Kier alpha value is -0.770. The highest BCUT2D eigenvalue weighted by atomic mass is 79.9. The highest BCUT2D eigenvalue weighted by Gasteiger charge is 2.40. The molecule has 0 spiro atoms. The molecule has 2 bridgehead atoms. The molecule has 3 nitrogen and oxygen atoms in total. The van der Waals surface area contributed by atoms with Gasteiger partial charge in [0.2, 0.25) is 0 Å². The van der Waals surface area contributed by atoms with Crippen LogP contribution in [0.15, 0.2) is 18.3 Å². The number of fused-ring (bicyclic) bond motifs is 2. The minimum atomic E-state index is 0.666. The molecule has 2 aliphatic rings. The van der Waals surface area contributed by atoms with Gasteiger partial charge >= 0.3 is 0 Å². The van der Waals surface area contributed by atoms with Crippen molar-refractivity contribution < 1.29 is 4.74 Å². The van der Waals surface area contributed by atoms with Crippen molar-refractivity contribution in [3.63, 3.8) is 0 Å². The number of pyridine rings is 1. The van der Waals surface area contributed by atoms with Crippen LogP contribution in [0.2, 0.25) is 0 Å². The lowest BCUT2D eigenvalue weighted by Gasteiger charge is -2.38. The molecular weight excluding hydrogens is 280 g/mol. The van der Waals surface area contributed by atoms with Crippen molar-refractivity contribution in [1.82, 2.24) is 4.98 Å². The number of alkyl halides is 1. The van der Waals surface area contributed by atoms with Crippen LogP contribution in [0.25, 0.3) is 0 Å². The van der Waals surface area contributed by atoms with E-state index in [4.69, 9.17) is 4.74 Å². The fourth-order valence-electron chi connectivity index (χ4n) is 3.13. The van der Waals surface area contributed by atoms with Crippen molar-refractivity contribution in [2.45, 2.75) is 42.6 Å². The van der Waals surface area contributed by atoms with E-state index >= 15 is 0 Å². The molecule has 0 aromatic carbocycles. The standard InChI is InChI=1S/C13H17BrN2O/c1-17-12-4-5-13(15-8-12)16-10-2-3-11(16)7-9(14)6-10/h4-5,8-11H,2-3,6-7H2,1H3. The highest BCUT2D eigenvalue weighted by Crippen LogP contribution is 2.40. The van der Waals surface area contributed by atoms with E-state index in [0.29, 0.717) is 16.9 Å². The Morgan fingerprint density at radius 3 is 2.53 bits per heavy atom. The summed E-state index contributed by atoms with van der Waals surface area (Å²) in [5.41, 5.74) is 0. The molecule has 2 fully saturated rings. The maximum atomic E-state index is 5.15. The number of nitrogens with zero attached hydrogens (tertiary/aromatic N) is 2. The number of piperidine rings is 1. The monoisotopic (exact) mass is 296 g/mol. The van der Waals surface area contributed by atoms with E-state index in [-0.39, 0.29) is 0 Å². The molecule has 3 rings (SSSR count). The lowest BCUT2D eigenvalue weighted by molar-refractivity contribution is 0.412. The third-order valence-corrected chi connectivity index (χ3v) is 4.64. The maximum absolute atomic E-state index is 5.15. The van der Waals surface area contributed by atoms with Crippen LogP contribution in [0.1, 0.15) is 25.7 Å². The molecule has 1 aromatic rings. The van der Waals surface area contributed by atoms with Crippen LogP contribution >= 0.6 is 15.9 Å². The minimum Gasteiger partial charge on any atom is -0.495 e. The number of ether oxygens (including phenoxy) is 1. The van der Waals surface area contributed by atoms with Gasteiger partial charge in [-0.2, -0.15) is 0 Å². The van der Waals surface area contributed by atoms with Crippen LogP contribution in [0, 0.1) is 0 Å². The summed E-state index contributed by atoms with van der Waals surface area (Å²) in [5, 5.41) is 0. The van der Waals surface area contributed by atoms with Gasteiger partial charge in [-0.05, 0) is 37.8 Å². The Bertz CT molecular complexity index is 381. The van der Waals surface area contributed by atoms with Crippen LogP contribution in [0.4, 0.5) is 5.82 Å². The van der Waals surface area contributed by atoms with E-state index in [0.717, 1.165) is 11.6 Å². The fraction of sp³-hybridized carbons (Fsp3) is 0.615. The molecule has 2 saturated heterocycles. The molecule has 0 N–H and O–H groups in total. The van der Waals surface area contributed by atoms with Gasteiger partial charge in [-0.25, -0.2) is 4.98 Å². The summed E-state index contributed by atoms with van der Waals surface area (Å²) < 4.78 is 5.15. The Balaban J connectivity index is 1.84. The Morgan fingerprint density at radius 2 is 2.00 bits per heavy atom. The van der Waals surface area contributed by atoms with Crippen molar-refractivity contribution in [1.29, 1.82) is 0 Å². The van der Waals surface area contributed by atoms with Crippen molar-refractivity contribution in [3.05, 3.63) is 18.3 Å². The third-order valence-electron chi connectivity index (χ3n) is 3.90. The molecule has 1 aromatic heterocycles. The maximum Gasteiger partial charge on any atom is 0.137 e. The molecular formula is C13H17BrN2O. The first-order chi connectivity index (χ1) is 8.28. The summed E-state index contributed by atoms with van der Waals surface area (Å²) >= 11 is 3.76. The highest BCUT2D eigenvalue weighted by molar-refractivity contribution is 9.09. The molecule has 3 heterocycles. The molecule has 2 aliphatic heterocycles. The molecule has 4 heteroatoms. The van der Waals surface area contributed by atoms with Crippen molar-refractivity contribution in [2.24, 2.45) is 0 Å². The largest absolute Gasteiger partial charge is 0.495 e. The van der Waals surface area contributed by atoms with E-state index < -0.39 is 0 Å². The SMILES string of the molecule is COc1ccc(N2C3CCC2CC(Br)C3)nc1. The zero-order chi connectivity index (χ0) is 11.8. The number of hydrogen-bond donors (Lipinski definition) is 0. The molecule has 92 valence electrons. The van der Waals surface area contributed by atoms with Gasteiger partial charge in [-0.3, -0.25) is 0 Å². The van der Waals surface area contributed by atoms with Gasteiger partial charge in [0.1, 0.15) is 11.6 Å². The van der Waals surface area contributed by atoms with Gasteiger partial charge in [0.15, 0.2) is 0 Å². The van der Waals surface area contributed by atoms with Gasteiger partial charge in [-0.1, -0.05) is 15.9 Å². The van der Waals surface area contributed by atoms with E-state index in [1.54, 1.807) is 7.11 Å². The number of rotatable bonds is 2. The molecule has 2 atom stereocenters. The first-order valence-electron chi connectivity index (χ1n) is 6.20. The van der Waals surface area contributed by atoms with E-state index in [9.17, 15) is 0 Å². The second kappa shape index (κ2) is 4.48. The summed E-state index contributed by atoms with van der Waals surface area (Å²) in [7, 11) is 1.68. The quantitative estimate of drug-likeness (QED) is 0.785. The van der Waals surface area contributed by atoms with Gasteiger partial charge < -0.3 is 9.64 Å². The average Bonchev–Trinajstić information content (AvgIpc) is 2.62. The number of hydrogen-bond acceptors (Lipinski definition) is 3. The lowest BCUT2D eigenvalue weighted by atomic mass is 10.0. The van der Waals surface area contributed by atoms with Gasteiger partial charge in [0.05, 0.1) is 13.3 Å². The summed E-state index contributed by atoms with van der Waals surface area (Å²) in [6.45, 7) is 0. The van der Waals surface area contributed by atoms with Crippen LogP contribution in [-0.4, -0.2) is 29.0 Å². The molecule has 0 radical (unpaired) electrons. The zero-order valence-electron chi connectivity index (χ0n) is 9.97. The summed E-state index contributed by atoms with van der Waals surface area (Å²) in [6.07, 6.45) is 6.91. The predicted molar refractivity (Wildman–Crippen MR) is 72.0 cm³/mol. The Morgan fingerprint density at radius 1 is 1.29 bits per heavy atom. The molecule has 0 saturated carbocycles. The fourth-order valence-corrected chi connectivity index (χ4v) is 3.99. The molecule has 17 heavy (non-hydrogen) atoms. The topological polar surface area (TPSA) is 25.4 Å². The summed E-state index contributed by atoms with van der Waals surface area (Å²) in [6, 6.07) is 5.42. The summed E-state index contributed by atoms with van der Waals surface area (Å²) in [4.78, 5) is 7.73. The van der Waals surface area contributed by atoms with E-state index in [1.807, 2.05) is 12.3 Å². The zero-order valence-corrected chi connectivity index (χ0v) is 11.6. The molecule has 0 aliphatic carbocycles. The van der Waals surface area contributed by atoms with Gasteiger partial charge in [0.25, 0.3) is 0 Å². The minimum absolute atomic E-state index is 0.666. The number of halogens is 1. The summed E-state index contributed by atoms with van der Waals surface area (Å²) in [5.74, 6) is 1.94.